The molecule has 9 heteroatoms. The summed E-state index contributed by atoms with van der Waals surface area (Å²) in [7, 11) is -3.59. The molecule has 0 aliphatic carbocycles. The summed E-state index contributed by atoms with van der Waals surface area (Å²) < 4.78 is 28.9. The molecular formula is C16H22N2O6S. The van der Waals surface area contributed by atoms with E-state index >= 15 is 0 Å². The van der Waals surface area contributed by atoms with Gasteiger partial charge < -0.3 is 15.4 Å². The van der Waals surface area contributed by atoms with E-state index < -0.39 is 34.1 Å². The summed E-state index contributed by atoms with van der Waals surface area (Å²) in [6.07, 6.45) is -0.361. The van der Waals surface area contributed by atoms with E-state index in [0.717, 1.165) is 5.56 Å². The third kappa shape index (κ3) is 7.79. The molecule has 2 N–H and O–H groups in total. The minimum absolute atomic E-state index is 0.130. The van der Waals surface area contributed by atoms with Gasteiger partial charge in [0.25, 0.3) is 5.91 Å². The zero-order valence-electron chi connectivity index (χ0n) is 14.2. The number of likely N-dealkylation sites (N-methyl/N-ethyl adjacent to an activating group) is 1. The van der Waals surface area contributed by atoms with E-state index in [2.05, 4.69) is 10.6 Å². The molecule has 0 saturated carbocycles. The van der Waals surface area contributed by atoms with Gasteiger partial charge in [0.2, 0.25) is 5.91 Å². The fourth-order valence-corrected chi connectivity index (χ4v) is 3.01. The maximum absolute atomic E-state index is 12.1. The third-order valence-electron chi connectivity index (χ3n) is 3.14. The Hall–Kier alpha value is -2.42. The maximum Gasteiger partial charge on any atom is 0.307 e. The number of carbonyl (C=O) groups excluding carboxylic acids is 3. The number of hydrogen-bond donors (Lipinski definition) is 2. The Bertz CT molecular complexity index is 713. The molecule has 0 bridgehead atoms. The first-order chi connectivity index (χ1) is 11.7. The molecule has 0 heterocycles. The molecule has 138 valence electrons. The predicted octanol–water partition coefficient (Wildman–Crippen LogP) is -0.0457. The van der Waals surface area contributed by atoms with E-state index in [1.807, 2.05) is 6.92 Å². The average Bonchev–Trinajstić information content (AvgIpc) is 2.57. The fraction of sp³-hybridized carbons (Fsp3) is 0.438. The van der Waals surface area contributed by atoms with Gasteiger partial charge in [0.05, 0.1) is 23.6 Å². The number of benzene rings is 1. The van der Waals surface area contributed by atoms with Gasteiger partial charge in [0, 0.05) is 6.54 Å². The summed E-state index contributed by atoms with van der Waals surface area (Å²) in [4.78, 5) is 34.3. The van der Waals surface area contributed by atoms with Crippen LogP contribution in [0.5, 0.6) is 0 Å². The van der Waals surface area contributed by atoms with E-state index in [4.69, 9.17) is 4.74 Å². The number of sulfone groups is 1. The van der Waals surface area contributed by atoms with Gasteiger partial charge in [-0.05, 0) is 26.0 Å². The highest BCUT2D eigenvalue weighted by atomic mass is 32.2. The Kier molecular flexibility index (Phi) is 8.06. The summed E-state index contributed by atoms with van der Waals surface area (Å²) in [5.41, 5.74) is 0.928. The van der Waals surface area contributed by atoms with Crippen molar-refractivity contribution < 1.29 is 27.5 Å². The van der Waals surface area contributed by atoms with Crippen LogP contribution in [0.4, 0.5) is 0 Å². The second-order valence-corrected chi connectivity index (χ2v) is 7.38. The monoisotopic (exact) mass is 370 g/mol. The summed E-state index contributed by atoms with van der Waals surface area (Å²) >= 11 is 0. The highest BCUT2D eigenvalue weighted by Gasteiger charge is 2.17. The number of carbonyl (C=O) groups is 3. The summed E-state index contributed by atoms with van der Waals surface area (Å²) in [5, 5.41) is 4.77. The maximum atomic E-state index is 12.1. The molecule has 0 aliphatic rings. The van der Waals surface area contributed by atoms with Gasteiger partial charge in [-0.25, -0.2) is 8.42 Å². The Labute approximate surface area is 146 Å². The molecule has 0 fully saturated rings. The van der Waals surface area contributed by atoms with E-state index in [1.54, 1.807) is 19.1 Å². The lowest BCUT2D eigenvalue weighted by molar-refractivity contribution is -0.148. The van der Waals surface area contributed by atoms with Crippen LogP contribution in [0.3, 0.4) is 0 Å². The molecule has 0 radical (unpaired) electrons. The molecule has 0 atom stereocenters. The number of nitrogens with one attached hydrogen (secondary N) is 2. The van der Waals surface area contributed by atoms with Gasteiger partial charge in [-0.3, -0.25) is 14.4 Å². The number of hydrogen-bond acceptors (Lipinski definition) is 6. The second-order valence-electron chi connectivity index (χ2n) is 5.27. The molecule has 0 aliphatic heterocycles. The molecule has 0 saturated heterocycles. The number of esters is 1. The number of rotatable bonds is 9. The number of amides is 2. The predicted molar refractivity (Wildman–Crippen MR) is 90.5 cm³/mol. The van der Waals surface area contributed by atoms with Crippen LogP contribution in [0.1, 0.15) is 18.9 Å². The van der Waals surface area contributed by atoms with Crippen molar-refractivity contribution in [2.24, 2.45) is 0 Å². The van der Waals surface area contributed by atoms with E-state index in [0.29, 0.717) is 6.54 Å². The smallest absolute Gasteiger partial charge is 0.307 e. The topological polar surface area (TPSA) is 119 Å². The second kappa shape index (κ2) is 9.77. The molecule has 0 aromatic heterocycles. The minimum atomic E-state index is -3.59. The van der Waals surface area contributed by atoms with Crippen molar-refractivity contribution >= 4 is 27.6 Å². The van der Waals surface area contributed by atoms with Crippen molar-refractivity contribution in [2.75, 3.05) is 25.4 Å². The van der Waals surface area contributed by atoms with E-state index in [-0.39, 0.29) is 23.8 Å². The van der Waals surface area contributed by atoms with Gasteiger partial charge in [0.1, 0.15) is 0 Å². The molecule has 25 heavy (non-hydrogen) atoms. The summed E-state index contributed by atoms with van der Waals surface area (Å²) in [6.45, 7) is 3.24. The van der Waals surface area contributed by atoms with Crippen LogP contribution in [0.15, 0.2) is 29.2 Å². The van der Waals surface area contributed by atoms with Crippen molar-refractivity contribution in [2.45, 2.75) is 25.2 Å². The lowest BCUT2D eigenvalue weighted by Crippen LogP contribution is -2.38. The quantitative estimate of drug-likeness (QED) is 0.589. The minimum Gasteiger partial charge on any atom is -0.456 e. The standard InChI is InChI=1S/C16H22N2O6S/c1-3-17-14(19)10-18-15(20)11-24-16(21)8-9-25(22,23)13-6-4-12(2)5-7-13/h4-7H,3,8-11H2,1-2H3,(H,17,19)(H,18,20). The zero-order valence-corrected chi connectivity index (χ0v) is 15.0. The first kappa shape index (κ1) is 20.6. The van der Waals surface area contributed by atoms with Crippen molar-refractivity contribution in [1.29, 1.82) is 0 Å². The van der Waals surface area contributed by atoms with Gasteiger partial charge in [0.15, 0.2) is 16.4 Å². The van der Waals surface area contributed by atoms with Gasteiger partial charge in [-0.1, -0.05) is 17.7 Å². The highest BCUT2D eigenvalue weighted by molar-refractivity contribution is 7.91. The first-order valence-electron chi connectivity index (χ1n) is 7.73. The van der Waals surface area contributed by atoms with Crippen LogP contribution in [-0.2, 0) is 29.0 Å². The summed E-state index contributed by atoms with van der Waals surface area (Å²) in [5.74, 6) is -2.20. The normalized spacial score (nSPS) is 10.8. The molecule has 0 unspecified atom stereocenters. The lowest BCUT2D eigenvalue weighted by atomic mass is 10.2. The largest absolute Gasteiger partial charge is 0.456 e. The molecule has 1 rings (SSSR count). The van der Waals surface area contributed by atoms with Crippen LogP contribution < -0.4 is 10.6 Å². The molecule has 1 aromatic carbocycles. The van der Waals surface area contributed by atoms with Gasteiger partial charge in [-0.15, -0.1) is 0 Å². The van der Waals surface area contributed by atoms with Crippen LogP contribution in [0.2, 0.25) is 0 Å². The van der Waals surface area contributed by atoms with Crippen molar-refractivity contribution in [3.63, 3.8) is 0 Å². The van der Waals surface area contributed by atoms with Gasteiger partial charge in [-0.2, -0.15) is 0 Å². The molecule has 2 amide bonds. The van der Waals surface area contributed by atoms with Crippen molar-refractivity contribution in [3.05, 3.63) is 29.8 Å². The Morgan fingerprint density at radius 2 is 1.68 bits per heavy atom. The van der Waals surface area contributed by atoms with Crippen LogP contribution in [0, 0.1) is 6.92 Å². The lowest BCUT2D eigenvalue weighted by Gasteiger charge is -2.07. The zero-order chi connectivity index (χ0) is 18.9. The Balaban J connectivity index is 2.36. The molecular weight excluding hydrogens is 348 g/mol. The van der Waals surface area contributed by atoms with Crippen LogP contribution in [0.25, 0.3) is 0 Å². The van der Waals surface area contributed by atoms with E-state index in [9.17, 15) is 22.8 Å². The average molecular weight is 370 g/mol. The number of ether oxygens (including phenoxy) is 1. The Morgan fingerprint density at radius 3 is 2.28 bits per heavy atom. The molecule has 8 nitrogen and oxygen atoms in total. The Morgan fingerprint density at radius 1 is 1.04 bits per heavy atom. The number of aryl methyl sites for hydroxylation is 1. The molecule has 1 aromatic rings. The van der Waals surface area contributed by atoms with Gasteiger partial charge >= 0.3 is 5.97 Å². The van der Waals surface area contributed by atoms with Crippen LogP contribution in [-0.4, -0.2) is 51.7 Å². The highest BCUT2D eigenvalue weighted by Crippen LogP contribution is 2.13. The first-order valence-corrected chi connectivity index (χ1v) is 9.38. The SMILES string of the molecule is CCNC(=O)CNC(=O)COC(=O)CCS(=O)(=O)c1ccc(C)cc1. The van der Waals surface area contributed by atoms with Crippen LogP contribution >= 0.6 is 0 Å². The summed E-state index contributed by atoms with van der Waals surface area (Å²) in [6, 6.07) is 6.30. The fourth-order valence-electron chi connectivity index (χ4n) is 1.79. The third-order valence-corrected chi connectivity index (χ3v) is 4.87. The van der Waals surface area contributed by atoms with E-state index in [1.165, 1.54) is 12.1 Å². The molecule has 0 spiro atoms. The van der Waals surface area contributed by atoms with Crippen molar-refractivity contribution in [1.82, 2.24) is 10.6 Å². The van der Waals surface area contributed by atoms with Crippen molar-refractivity contribution in [3.8, 4) is 0 Å².